The number of piperazine rings is 1. The lowest BCUT2D eigenvalue weighted by Crippen LogP contribution is -3.16. The van der Waals surface area contributed by atoms with Gasteiger partial charge in [0, 0.05) is 12.0 Å². The third kappa shape index (κ3) is 1.91. The van der Waals surface area contributed by atoms with Crippen LogP contribution in [0, 0.1) is 5.21 Å². The van der Waals surface area contributed by atoms with Crippen LogP contribution >= 0.6 is 0 Å². The Kier molecular flexibility index (Phi) is 3.06. The van der Waals surface area contributed by atoms with E-state index in [0.29, 0.717) is 0 Å². The zero-order valence-corrected chi connectivity index (χ0v) is 10.3. The molecule has 4 unspecified atom stereocenters. The minimum atomic E-state index is -0.592. The van der Waals surface area contributed by atoms with Gasteiger partial charge in [-0.1, -0.05) is 36.8 Å². The Balaban J connectivity index is 1.88. The summed E-state index contributed by atoms with van der Waals surface area (Å²) in [6.45, 7) is 0. The summed E-state index contributed by atoms with van der Waals surface area (Å²) in [5.41, 5.74) is 0.823. The van der Waals surface area contributed by atoms with Crippen LogP contribution in [0.5, 0.6) is 0 Å². The summed E-state index contributed by atoms with van der Waals surface area (Å²) in [5.74, 6) is -0.116. The summed E-state index contributed by atoms with van der Waals surface area (Å²) >= 11 is 0. The van der Waals surface area contributed by atoms with Crippen molar-refractivity contribution in [2.45, 2.75) is 43.8 Å². The number of fused-ring (bicyclic) bond motifs is 1. The molecule has 3 rings (SSSR count). The number of carbonyl (C=O) groups is 1. The lowest BCUT2D eigenvalue weighted by atomic mass is 9.86. The van der Waals surface area contributed by atoms with Crippen LogP contribution in [0.4, 0.5) is 0 Å². The Hall–Kier alpha value is -1.39. The molecule has 1 saturated heterocycles. The molecule has 2 aliphatic rings. The first-order valence-electron chi connectivity index (χ1n) is 6.66. The molecular weight excluding hydrogens is 228 g/mol. The largest absolute Gasteiger partial charge is 0.633 e. The standard InChI is InChI=1S/C14H18N2O2/c17-14-13(10-6-2-1-3-7-10)16(18)12-9-5-4-8-11(12)15-14/h1-3,6-7,11-13,16H,4-5,8-9H2,(H,15,17). The van der Waals surface area contributed by atoms with Crippen LogP contribution in [0.3, 0.4) is 0 Å². The number of hydroxylamine groups is 2. The zero-order valence-electron chi connectivity index (χ0n) is 10.3. The van der Waals surface area contributed by atoms with Crippen LogP contribution in [-0.4, -0.2) is 18.0 Å². The molecule has 4 heteroatoms. The van der Waals surface area contributed by atoms with E-state index in [1.54, 1.807) is 0 Å². The van der Waals surface area contributed by atoms with Gasteiger partial charge < -0.3 is 15.6 Å². The Morgan fingerprint density at radius 1 is 1.17 bits per heavy atom. The highest BCUT2D eigenvalue weighted by Crippen LogP contribution is 2.22. The zero-order chi connectivity index (χ0) is 12.5. The van der Waals surface area contributed by atoms with Gasteiger partial charge in [0.05, 0.1) is 6.04 Å². The fraction of sp³-hybridized carbons (Fsp3) is 0.500. The summed E-state index contributed by atoms with van der Waals surface area (Å²) in [5, 5.41) is 15.7. The van der Waals surface area contributed by atoms with Gasteiger partial charge in [-0.15, -0.1) is 0 Å². The molecule has 1 heterocycles. The topological polar surface area (TPSA) is 56.6 Å². The number of hydrogen-bond donors (Lipinski definition) is 2. The summed E-state index contributed by atoms with van der Waals surface area (Å²) < 4.78 is 0. The van der Waals surface area contributed by atoms with Crippen LogP contribution in [0.25, 0.3) is 0 Å². The molecule has 1 aromatic rings. The molecule has 4 nitrogen and oxygen atoms in total. The van der Waals surface area contributed by atoms with Crippen molar-refractivity contribution >= 4 is 5.91 Å². The molecule has 1 aliphatic heterocycles. The van der Waals surface area contributed by atoms with Crippen molar-refractivity contribution in [3.05, 3.63) is 41.1 Å². The van der Waals surface area contributed by atoms with E-state index < -0.39 is 6.04 Å². The fourth-order valence-electron chi connectivity index (χ4n) is 3.21. The lowest BCUT2D eigenvalue weighted by molar-refractivity contribution is -0.904. The Bertz CT molecular complexity index is 435. The van der Waals surface area contributed by atoms with Crippen molar-refractivity contribution < 1.29 is 9.86 Å². The molecule has 0 spiro atoms. The summed E-state index contributed by atoms with van der Waals surface area (Å²) in [7, 11) is 0. The second-order valence-electron chi connectivity index (χ2n) is 5.25. The number of benzene rings is 1. The van der Waals surface area contributed by atoms with Crippen LogP contribution < -0.4 is 10.4 Å². The Morgan fingerprint density at radius 3 is 2.67 bits per heavy atom. The average molecular weight is 246 g/mol. The van der Waals surface area contributed by atoms with Gasteiger partial charge in [0.2, 0.25) is 0 Å². The number of rotatable bonds is 1. The molecule has 2 fully saturated rings. The third-order valence-corrected chi connectivity index (χ3v) is 4.14. The molecule has 0 radical (unpaired) electrons. The molecule has 1 aliphatic carbocycles. The van der Waals surface area contributed by atoms with Gasteiger partial charge in [-0.2, -0.15) is 0 Å². The quantitative estimate of drug-likeness (QED) is 0.711. The summed E-state index contributed by atoms with van der Waals surface area (Å²) in [6.07, 6.45) is 4.09. The van der Waals surface area contributed by atoms with Crippen LogP contribution in [0.15, 0.2) is 30.3 Å². The highest BCUT2D eigenvalue weighted by molar-refractivity contribution is 5.82. The average Bonchev–Trinajstić information content (AvgIpc) is 2.40. The van der Waals surface area contributed by atoms with Gasteiger partial charge in [0.15, 0.2) is 6.04 Å². The van der Waals surface area contributed by atoms with Crippen molar-refractivity contribution in [3.63, 3.8) is 0 Å². The van der Waals surface area contributed by atoms with Crippen molar-refractivity contribution in [2.75, 3.05) is 0 Å². The number of hydrogen-bond acceptors (Lipinski definition) is 2. The van der Waals surface area contributed by atoms with Gasteiger partial charge in [0.1, 0.15) is 6.04 Å². The van der Waals surface area contributed by atoms with Crippen molar-refractivity contribution in [2.24, 2.45) is 0 Å². The minimum Gasteiger partial charge on any atom is -0.633 e. The van der Waals surface area contributed by atoms with E-state index in [4.69, 9.17) is 0 Å². The van der Waals surface area contributed by atoms with E-state index in [9.17, 15) is 10.0 Å². The molecular formula is C14H18N2O2. The van der Waals surface area contributed by atoms with E-state index in [-0.39, 0.29) is 23.1 Å². The van der Waals surface area contributed by atoms with E-state index in [1.807, 2.05) is 30.3 Å². The monoisotopic (exact) mass is 246 g/mol. The first-order chi connectivity index (χ1) is 8.77. The molecule has 18 heavy (non-hydrogen) atoms. The predicted molar refractivity (Wildman–Crippen MR) is 67.7 cm³/mol. The molecule has 2 N–H and O–H groups in total. The van der Waals surface area contributed by atoms with E-state index in [1.165, 1.54) is 0 Å². The maximum atomic E-state index is 12.5. The summed E-state index contributed by atoms with van der Waals surface area (Å²) in [4.78, 5) is 12.1. The van der Waals surface area contributed by atoms with Gasteiger partial charge >= 0.3 is 0 Å². The SMILES string of the molecule is O=C1NC2CCCCC2[NH+]([O-])C1c1ccccc1. The van der Waals surface area contributed by atoms with Gasteiger partial charge in [-0.05, 0) is 12.8 Å². The lowest BCUT2D eigenvalue weighted by Gasteiger charge is -2.47. The number of nitrogens with one attached hydrogen (secondary N) is 2. The predicted octanol–water partition coefficient (Wildman–Crippen LogP) is 0.551. The first-order valence-corrected chi connectivity index (χ1v) is 6.66. The highest BCUT2D eigenvalue weighted by Gasteiger charge is 2.43. The van der Waals surface area contributed by atoms with Crippen LogP contribution in [-0.2, 0) is 4.79 Å². The van der Waals surface area contributed by atoms with Crippen LogP contribution in [0.2, 0.25) is 0 Å². The van der Waals surface area contributed by atoms with E-state index in [0.717, 1.165) is 31.2 Å². The molecule has 4 atom stereocenters. The maximum absolute atomic E-state index is 12.5. The Labute approximate surface area is 107 Å². The van der Waals surface area contributed by atoms with Crippen LogP contribution in [0.1, 0.15) is 37.3 Å². The second kappa shape index (κ2) is 4.71. The first kappa shape index (κ1) is 11.7. The number of carbonyl (C=O) groups excluding carboxylic acids is 1. The van der Waals surface area contributed by atoms with Gasteiger partial charge in [0.25, 0.3) is 5.91 Å². The third-order valence-electron chi connectivity index (χ3n) is 4.14. The molecule has 1 aromatic carbocycles. The highest BCUT2D eigenvalue weighted by atomic mass is 16.5. The normalized spacial score (nSPS) is 35.7. The smallest absolute Gasteiger partial charge is 0.283 e. The summed E-state index contributed by atoms with van der Waals surface area (Å²) in [6, 6.07) is 8.91. The molecule has 1 saturated carbocycles. The van der Waals surface area contributed by atoms with E-state index >= 15 is 0 Å². The molecule has 0 bridgehead atoms. The van der Waals surface area contributed by atoms with Gasteiger partial charge in [-0.25, -0.2) is 0 Å². The maximum Gasteiger partial charge on any atom is 0.283 e. The molecule has 1 amide bonds. The van der Waals surface area contributed by atoms with E-state index in [2.05, 4.69) is 5.32 Å². The minimum absolute atomic E-state index is 0.0293. The Morgan fingerprint density at radius 2 is 1.89 bits per heavy atom. The molecule has 0 aromatic heterocycles. The number of quaternary nitrogens is 1. The van der Waals surface area contributed by atoms with Crippen molar-refractivity contribution in [3.8, 4) is 0 Å². The van der Waals surface area contributed by atoms with Gasteiger partial charge in [-0.3, -0.25) is 4.79 Å². The number of amides is 1. The molecule has 96 valence electrons. The fourth-order valence-corrected chi connectivity index (χ4v) is 3.21. The van der Waals surface area contributed by atoms with Crippen molar-refractivity contribution in [1.82, 2.24) is 5.32 Å². The van der Waals surface area contributed by atoms with Crippen molar-refractivity contribution in [1.29, 1.82) is 0 Å². The second-order valence-corrected chi connectivity index (χ2v) is 5.25.